The smallest absolute Gasteiger partial charge is 0.338 e. The molecule has 0 bridgehead atoms. The Labute approximate surface area is 106 Å². The minimum absolute atomic E-state index is 0.357. The number of hydrogen-bond acceptors (Lipinski definition) is 4. The van der Waals surface area contributed by atoms with E-state index in [1.807, 2.05) is 10.9 Å². The molecule has 0 aliphatic carbocycles. The zero-order valence-electron chi connectivity index (χ0n) is 9.83. The van der Waals surface area contributed by atoms with Crippen molar-refractivity contribution in [3.05, 3.63) is 35.4 Å². The van der Waals surface area contributed by atoms with E-state index < -0.39 is 36.0 Å². The maximum Gasteiger partial charge on any atom is 0.338 e. The molecule has 102 valence electrons. The molecule has 1 rings (SSSR count). The third kappa shape index (κ3) is 5.11. The van der Waals surface area contributed by atoms with Gasteiger partial charge in [-0.3, -0.25) is 20.4 Å². The molecule has 0 heterocycles. The molecule has 2 amide bonds. The average molecular weight is 272 g/mol. The second-order valence-electron chi connectivity index (χ2n) is 3.46. The molecule has 2 N–H and O–H groups in total. The minimum atomic E-state index is -1.06. The zero-order valence-corrected chi connectivity index (χ0v) is 9.83. The fraction of sp³-hybridized carbons (Fsp3) is 0.182. The van der Waals surface area contributed by atoms with E-state index in [-0.39, 0.29) is 5.56 Å². The van der Waals surface area contributed by atoms with Gasteiger partial charge in [-0.25, -0.2) is 13.6 Å². The first-order chi connectivity index (χ1) is 8.88. The summed E-state index contributed by atoms with van der Waals surface area (Å²) in [6, 6.07) is 2.15. The lowest BCUT2D eigenvalue weighted by molar-refractivity contribution is -0.129. The summed E-state index contributed by atoms with van der Waals surface area (Å²) in [5.74, 6) is -4.23. The van der Waals surface area contributed by atoms with Crippen LogP contribution in [0.4, 0.5) is 8.78 Å². The molecule has 1 aromatic carbocycles. The number of hydrazine groups is 1. The molecule has 6 nitrogen and oxygen atoms in total. The van der Waals surface area contributed by atoms with E-state index in [1.165, 1.54) is 6.92 Å². The van der Waals surface area contributed by atoms with Crippen molar-refractivity contribution >= 4 is 17.8 Å². The molecule has 0 aliphatic heterocycles. The van der Waals surface area contributed by atoms with Gasteiger partial charge in [0, 0.05) is 13.0 Å². The molecule has 1 aromatic rings. The minimum Gasteiger partial charge on any atom is -0.452 e. The number of rotatable bonds is 3. The van der Waals surface area contributed by atoms with Crippen molar-refractivity contribution in [1.29, 1.82) is 0 Å². The SMILES string of the molecule is CC(=O)NNC(=O)COC(=O)c1cc(F)cc(F)c1. The van der Waals surface area contributed by atoms with E-state index in [9.17, 15) is 23.2 Å². The van der Waals surface area contributed by atoms with Crippen LogP contribution in [0.25, 0.3) is 0 Å². The lowest BCUT2D eigenvalue weighted by Crippen LogP contribution is -2.42. The van der Waals surface area contributed by atoms with Crippen LogP contribution >= 0.6 is 0 Å². The Morgan fingerprint density at radius 1 is 1.11 bits per heavy atom. The Hall–Kier alpha value is -2.51. The molecule has 0 saturated heterocycles. The third-order valence-corrected chi connectivity index (χ3v) is 1.81. The summed E-state index contributed by atoms with van der Waals surface area (Å²) < 4.78 is 30.1. The largest absolute Gasteiger partial charge is 0.452 e. The van der Waals surface area contributed by atoms with E-state index in [2.05, 4.69) is 4.74 Å². The number of ether oxygens (including phenoxy) is 1. The van der Waals surface area contributed by atoms with Crippen molar-refractivity contribution < 1.29 is 27.9 Å². The van der Waals surface area contributed by atoms with Gasteiger partial charge < -0.3 is 4.74 Å². The number of hydrogen-bond donors (Lipinski definition) is 2. The maximum atomic E-state index is 12.8. The van der Waals surface area contributed by atoms with Crippen LogP contribution in [0.15, 0.2) is 18.2 Å². The normalized spacial score (nSPS) is 9.63. The highest BCUT2D eigenvalue weighted by atomic mass is 19.1. The summed E-state index contributed by atoms with van der Waals surface area (Å²) in [7, 11) is 0. The fourth-order valence-electron chi connectivity index (χ4n) is 1.08. The average Bonchev–Trinajstić information content (AvgIpc) is 2.32. The topological polar surface area (TPSA) is 84.5 Å². The molecule has 0 radical (unpaired) electrons. The van der Waals surface area contributed by atoms with Crippen LogP contribution in [0.3, 0.4) is 0 Å². The molecule has 0 aromatic heterocycles. The van der Waals surface area contributed by atoms with Gasteiger partial charge in [0.15, 0.2) is 6.61 Å². The summed E-state index contributed by atoms with van der Waals surface area (Å²) in [6.07, 6.45) is 0. The van der Waals surface area contributed by atoms with E-state index in [0.29, 0.717) is 6.07 Å². The highest BCUT2D eigenvalue weighted by Crippen LogP contribution is 2.09. The van der Waals surface area contributed by atoms with E-state index in [1.54, 1.807) is 0 Å². The Morgan fingerprint density at radius 2 is 1.68 bits per heavy atom. The third-order valence-electron chi connectivity index (χ3n) is 1.81. The Balaban J connectivity index is 2.51. The van der Waals surface area contributed by atoms with Crippen LogP contribution in [0.1, 0.15) is 17.3 Å². The summed E-state index contributed by atoms with van der Waals surface area (Å²) in [6.45, 7) is 0.471. The summed E-state index contributed by atoms with van der Waals surface area (Å²) >= 11 is 0. The molecule has 0 saturated carbocycles. The highest BCUT2D eigenvalue weighted by molar-refractivity contribution is 5.91. The zero-order chi connectivity index (χ0) is 14.4. The summed E-state index contributed by atoms with van der Waals surface area (Å²) in [5, 5.41) is 0. The second-order valence-corrected chi connectivity index (χ2v) is 3.46. The standard InChI is InChI=1S/C11H10F2N2O4/c1-6(16)14-15-10(17)5-19-11(18)7-2-8(12)4-9(13)3-7/h2-4H,5H2,1H3,(H,14,16)(H,15,17). The van der Waals surface area contributed by atoms with Gasteiger partial charge >= 0.3 is 5.97 Å². The Morgan fingerprint density at radius 3 is 2.21 bits per heavy atom. The first-order valence-corrected chi connectivity index (χ1v) is 5.07. The Kier molecular flexibility index (Phi) is 4.92. The van der Waals surface area contributed by atoms with Gasteiger partial charge in [-0.2, -0.15) is 0 Å². The van der Waals surface area contributed by atoms with E-state index in [4.69, 9.17) is 0 Å². The molecular formula is C11H10F2N2O4. The number of esters is 1. The lowest BCUT2D eigenvalue weighted by Gasteiger charge is -2.06. The van der Waals surface area contributed by atoms with E-state index >= 15 is 0 Å². The number of nitrogens with one attached hydrogen (secondary N) is 2. The molecule has 19 heavy (non-hydrogen) atoms. The molecular weight excluding hydrogens is 262 g/mol. The number of halogens is 2. The highest BCUT2D eigenvalue weighted by Gasteiger charge is 2.12. The number of carbonyl (C=O) groups excluding carboxylic acids is 3. The summed E-state index contributed by atoms with van der Waals surface area (Å²) in [4.78, 5) is 32.9. The van der Waals surface area contributed by atoms with E-state index in [0.717, 1.165) is 12.1 Å². The molecule has 0 spiro atoms. The lowest BCUT2D eigenvalue weighted by atomic mass is 10.2. The van der Waals surface area contributed by atoms with Gasteiger partial charge in [-0.05, 0) is 12.1 Å². The van der Waals surface area contributed by atoms with Crippen molar-refractivity contribution in [3.63, 3.8) is 0 Å². The maximum absolute atomic E-state index is 12.8. The summed E-state index contributed by atoms with van der Waals surface area (Å²) in [5.41, 5.74) is 3.57. The number of carbonyl (C=O) groups is 3. The molecule has 0 unspecified atom stereocenters. The predicted molar refractivity (Wildman–Crippen MR) is 58.6 cm³/mol. The van der Waals surface area contributed by atoms with Gasteiger partial charge in [0.25, 0.3) is 5.91 Å². The van der Waals surface area contributed by atoms with Crippen LogP contribution in [-0.2, 0) is 14.3 Å². The molecule has 0 atom stereocenters. The quantitative estimate of drug-likeness (QED) is 0.612. The monoisotopic (exact) mass is 272 g/mol. The van der Waals surface area contributed by atoms with Gasteiger partial charge in [0.05, 0.1) is 5.56 Å². The number of benzene rings is 1. The van der Waals surface area contributed by atoms with Crippen LogP contribution < -0.4 is 10.9 Å². The van der Waals surface area contributed by atoms with Crippen LogP contribution in [0, 0.1) is 11.6 Å². The van der Waals surface area contributed by atoms with Crippen molar-refractivity contribution in [1.82, 2.24) is 10.9 Å². The Bertz CT molecular complexity index is 499. The van der Waals surface area contributed by atoms with Crippen LogP contribution in [0.5, 0.6) is 0 Å². The second kappa shape index (κ2) is 6.43. The fourth-order valence-corrected chi connectivity index (χ4v) is 1.08. The van der Waals surface area contributed by atoms with Gasteiger partial charge in [0.1, 0.15) is 11.6 Å². The molecule has 0 aliphatic rings. The molecule has 0 fully saturated rings. The van der Waals surface area contributed by atoms with Crippen LogP contribution in [-0.4, -0.2) is 24.4 Å². The van der Waals surface area contributed by atoms with Crippen LogP contribution in [0.2, 0.25) is 0 Å². The first kappa shape index (κ1) is 14.6. The van der Waals surface area contributed by atoms with Crippen molar-refractivity contribution in [2.24, 2.45) is 0 Å². The first-order valence-electron chi connectivity index (χ1n) is 5.07. The molecule has 8 heteroatoms. The van der Waals surface area contributed by atoms with Gasteiger partial charge in [-0.1, -0.05) is 0 Å². The number of amides is 2. The predicted octanol–water partition coefficient (Wildman–Crippen LogP) is 0.289. The van der Waals surface area contributed by atoms with Crippen molar-refractivity contribution in [2.75, 3.05) is 6.61 Å². The van der Waals surface area contributed by atoms with Gasteiger partial charge in [0.2, 0.25) is 5.91 Å². The van der Waals surface area contributed by atoms with Gasteiger partial charge in [-0.15, -0.1) is 0 Å². The van der Waals surface area contributed by atoms with Crippen molar-refractivity contribution in [3.8, 4) is 0 Å². The van der Waals surface area contributed by atoms with Crippen molar-refractivity contribution in [2.45, 2.75) is 6.92 Å².